The molecule has 0 aliphatic carbocycles. The molecule has 0 aliphatic rings. The number of carbonyl (C=O) groups excluding carboxylic acids is 1. The van der Waals surface area contributed by atoms with Crippen molar-refractivity contribution in [1.82, 2.24) is 5.32 Å². The van der Waals surface area contributed by atoms with Gasteiger partial charge in [0, 0.05) is 17.7 Å². The maximum absolute atomic E-state index is 12.1. The molecule has 21 heavy (non-hydrogen) atoms. The van der Waals surface area contributed by atoms with E-state index in [-0.39, 0.29) is 16.1 Å². The van der Waals surface area contributed by atoms with Crippen LogP contribution in [0.4, 0.5) is 0 Å². The van der Waals surface area contributed by atoms with E-state index in [2.05, 4.69) is 46.2 Å². The van der Waals surface area contributed by atoms with Gasteiger partial charge in [0.2, 0.25) is 5.91 Å². The van der Waals surface area contributed by atoms with Gasteiger partial charge in [0.05, 0.1) is 0 Å². The molecule has 3 N–H and O–H groups in total. The molecule has 126 valence electrons. The van der Waals surface area contributed by atoms with Crippen LogP contribution in [0.25, 0.3) is 0 Å². The molecule has 0 aromatic rings. The molecule has 0 aromatic heterocycles. The molecule has 0 heterocycles. The fraction of sp³-hybridized carbons (Fsp3) is 0.941. The van der Waals surface area contributed by atoms with Gasteiger partial charge in [-0.25, -0.2) is 0 Å². The Kier molecular flexibility index (Phi) is 9.63. The summed E-state index contributed by atoms with van der Waals surface area (Å²) in [5.74, 6) is 0.692. The van der Waals surface area contributed by atoms with Gasteiger partial charge in [-0.1, -0.05) is 34.6 Å². The van der Waals surface area contributed by atoms with Crippen LogP contribution in [0.1, 0.15) is 66.7 Å². The van der Waals surface area contributed by atoms with E-state index in [0.29, 0.717) is 18.9 Å². The van der Waals surface area contributed by atoms with Crippen molar-refractivity contribution in [2.75, 3.05) is 19.3 Å². The van der Waals surface area contributed by atoms with Gasteiger partial charge in [0.25, 0.3) is 0 Å². The van der Waals surface area contributed by atoms with Crippen molar-refractivity contribution >= 4 is 17.7 Å². The molecule has 0 fully saturated rings. The standard InChI is InChI=1S/C17H36N2OS/c1-7-17(8-2,21-6)13-19-15(20)10-9-14(11-12-18)16(3,4)5/h14H,7-13,18H2,1-6H3,(H,19,20). The molecule has 0 aliphatic heterocycles. The van der Waals surface area contributed by atoms with Crippen LogP contribution in [-0.4, -0.2) is 30.0 Å². The molecule has 0 saturated heterocycles. The third-order valence-corrected chi connectivity index (χ3v) is 6.38. The highest BCUT2D eigenvalue weighted by Crippen LogP contribution is 2.32. The molecule has 1 unspecified atom stereocenters. The van der Waals surface area contributed by atoms with Crippen LogP contribution >= 0.6 is 11.8 Å². The van der Waals surface area contributed by atoms with Crippen LogP contribution in [0.2, 0.25) is 0 Å². The van der Waals surface area contributed by atoms with Gasteiger partial charge in [-0.3, -0.25) is 4.79 Å². The minimum absolute atomic E-state index is 0.182. The molecule has 0 spiro atoms. The zero-order chi connectivity index (χ0) is 16.5. The van der Waals surface area contributed by atoms with Crippen molar-refractivity contribution in [1.29, 1.82) is 0 Å². The molecule has 0 rings (SSSR count). The van der Waals surface area contributed by atoms with Crippen LogP contribution < -0.4 is 11.1 Å². The lowest BCUT2D eigenvalue weighted by atomic mass is 9.76. The van der Waals surface area contributed by atoms with Crippen molar-refractivity contribution < 1.29 is 4.79 Å². The summed E-state index contributed by atoms with van der Waals surface area (Å²) < 4.78 is 0.191. The van der Waals surface area contributed by atoms with Crippen LogP contribution in [0, 0.1) is 11.3 Å². The predicted octanol–water partition coefficient (Wildman–Crippen LogP) is 3.82. The summed E-state index contributed by atoms with van der Waals surface area (Å²) >= 11 is 1.86. The smallest absolute Gasteiger partial charge is 0.220 e. The molecule has 0 aromatic carbocycles. The predicted molar refractivity (Wildman–Crippen MR) is 95.7 cm³/mol. The summed E-state index contributed by atoms with van der Waals surface area (Å²) in [5.41, 5.74) is 5.92. The van der Waals surface area contributed by atoms with Gasteiger partial charge in [0.15, 0.2) is 0 Å². The number of thioether (sulfide) groups is 1. The first-order valence-corrected chi connectivity index (χ1v) is 9.49. The summed E-state index contributed by atoms with van der Waals surface area (Å²) in [6.45, 7) is 12.6. The molecular formula is C17H36N2OS. The van der Waals surface area contributed by atoms with Gasteiger partial charge in [0.1, 0.15) is 0 Å². The van der Waals surface area contributed by atoms with Gasteiger partial charge >= 0.3 is 0 Å². The van der Waals surface area contributed by atoms with Crippen molar-refractivity contribution in [3.8, 4) is 0 Å². The molecule has 4 heteroatoms. The molecule has 3 nitrogen and oxygen atoms in total. The maximum atomic E-state index is 12.1. The highest BCUT2D eigenvalue weighted by atomic mass is 32.2. The number of rotatable bonds is 10. The summed E-state index contributed by atoms with van der Waals surface area (Å²) in [6, 6.07) is 0. The van der Waals surface area contributed by atoms with E-state index < -0.39 is 0 Å². The largest absolute Gasteiger partial charge is 0.355 e. The average Bonchev–Trinajstić information content (AvgIpc) is 2.44. The third kappa shape index (κ3) is 7.55. The topological polar surface area (TPSA) is 55.1 Å². The highest BCUT2D eigenvalue weighted by molar-refractivity contribution is 8.00. The van der Waals surface area contributed by atoms with E-state index in [1.807, 2.05) is 11.8 Å². The zero-order valence-electron chi connectivity index (χ0n) is 14.9. The van der Waals surface area contributed by atoms with Crippen LogP contribution in [0.3, 0.4) is 0 Å². The van der Waals surface area contributed by atoms with Gasteiger partial charge in [-0.15, -0.1) is 0 Å². The van der Waals surface area contributed by atoms with Crippen molar-refractivity contribution in [3.05, 3.63) is 0 Å². The summed E-state index contributed by atoms with van der Waals surface area (Å²) in [6.07, 6.45) is 6.84. The first-order valence-electron chi connectivity index (χ1n) is 8.26. The second kappa shape index (κ2) is 9.73. The number of hydrogen-bond acceptors (Lipinski definition) is 3. The van der Waals surface area contributed by atoms with Crippen molar-refractivity contribution in [2.24, 2.45) is 17.1 Å². The monoisotopic (exact) mass is 316 g/mol. The summed E-state index contributed by atoms with van der Waals surface area (Å²) in [7, 11) is 0. The molecule has 0 saturated carbocycles. The van der Waals surface area contributed by atoms with Gasteiger partial charge in [-0.05, 0) is 49.8 Å². The SMILES string of the molecule is CCC(CC)(CNC(=O)CCC(CCN)C(C)(C)C)SC. The van der Waals surface area contributed by atoms with E-state index in [9.17, 15) is 4.79 Å². The van der Waals surface area contributed by atoms with E-state index in [0.717, 1.165) is 32.2 Å². The lowest BCUT2D eigenvalue weighted by molar-refractivity contribution is -0.121. The second-order valence-corrected chi connectivity index (χ2v) is 8.32. The molecule has 0 radical (unpaired) electrons. The minimum atomic E-state index is 0.182. The van der Waals surface area contributed by atoms with Crippen molar-refractivity contribution in [3.63, 3.8) is 0 Å². The highest BCUT2D eigenvalue weighted by Gasteiger charge is 2.27. The number of nitrogens with one attached hydrogen (secondary N) is 1. The summed E-state index contributed by atoms with van der Waals surface area (Å²) in [4.78, 5) is 12.1. The van der Waals surface area contributed by atoms with E-state index in [4.69, 9.17) is 5.73 Å². The number of hydrogen-bond donors (Lipinski definition) is 2. The van der Waals surface area contributed by atoms with Gasteiger partial charge < -0.3 is 11.1 Å². The quantitative estimate of drug-likeness (QED) is 0.644. The number of amides is 1. The Morgan fingerprint density at radius 3 is 2.14 bits per heavy atom. The first kappa shape index (κ1) is 20.8. The van der Waals surface area contributed by atoms with E-state index in [1.54, 1.807) is 0 Å². The van der Waals surface area contributed by atoms with Crippen LogP contribution in [-0.2, 0) is 4.79 Å². The third-order valence-electron chi connectivity index (χ3n) is 4.79. The van der Waals surface area contributed by atoms with Crippen LogP contribution in [0.5, 0.6) is 0 Å². The Morgan fingerprint density at radius 1 is 1.19 bits per heavy atom. The Bertz CT molecular complexity index is 287. The fourth-order valence-electron chi connectivity index (χ4n) is 2.73. The Morgan fingerprint density at radius 2 is 1.76 bits per heavy atom. The number of nitrogens with two attached hydrogens (primary N) is 1. The first-order chi connectivity index (χ1) is 9.74. The van der Waals surface area contributed by atoms with Crippen LogP contribution in [0.15, 0.2) is 0 Å². The van der Waals surface area contributed by atoms with Gasteiger partial charge in [-0.2, -0.15) is 11.8 Å². The van der Waals surface area contributed by atoms with E-state index in [1.165, 1.54) is 0 Å². The normalized spacial score (nSPS) is 14.0. The molecule has 1 atom stereocenters. The Balaban J connectivity index is 4.31. The summed E-state index contributed by atoms with van der Waals surface area (Å²) in [5, 5.41) is 3.13. The minimum Gasteiger partial charge on any atom is -0.355 e. The Labute approximate surface area is 136 Å². The molecular weight excluding hydrogens is 280 g/mol. The molecule has 1 amide bonds. The number of carbonyl (C=O) groups is 1. The molecule has 0 bridgehead atoms. The lowest BCUT2D eigenvalue weighted by Gasteiger charge is -2.31. The fourth-order valence-corrected chi connectivity index (χ4v) is 3.52. The second-order valence-electron chi connectivity index (χ2n) is 7.05. The average molecular weight is 317 g/mol. The maximum Gasteiger partial charge on any atom is 0.220 e. The van der Waals surface area contributed by atoms with Crippen molar-refractivity contribution in [2.45, 2.75) is 71.5 Å². The van der Waals surface area contributed by atoms with E-state index >= 15 is 0 Å². The Hall–Kier alpha value is -0.220. The zero-order valence-corrected chi connectivity index (χ0v) is 15.7. The lowest BCUT2D eigenvalue weighted by Crippen LogP contribution is -2.39.